The highest BCUT2D eigenvalue weighted by Crippen LogP contribution is 2.30. The van der Waals surface area contributed by atoms with Gasteiger partial charge in [-0.05, 0) is 67.1 Å². The molecule has 3 aromatic carbocycles. The van der Waals surface area contributed by atoms with Gasteiger partial charge < -0.3 is 14.8 Å². The van der Waals surface area contributed by atoms with E-state index < -0.39 is 11.7 Å². The van der Waals surface area contributed by atoms with Gasteiger partial charge in [0, 0.05) is 41.8 Å². The molecule has 4 aromatic rings. The highest BCUT2D eigenvalue weighted by Gasteiger charge is 2.36. The van der Waals surface area contributed by atoms with E-state index in [0.717, 1.165) is 47.0 Å². The van der Waals surface area contributed by atoms with Gasteiger partial charge in [0.25, 0.3) is 5.91 Å². The lowest BCUT2D eigenvalue weighted by Gasteiger charge is -2.28. The lowest BCUT2D eigenvalue weighted by atomic mass is 10.1. The van der Waals surface area contributed by atoms with Crippen LogP contribution in [0.1, 0.15) is 45.5 Å². The largest absolute Gasteiger partial charge is 0.416 e. The molecule has 0 spiro atoms. The van der Waals surface area contributed by atoms with Crippen molar-refractivity contribution in [2.75, 3.05) is 13.1 Å². The number of hydrogen-bond donors (Lipinski definition) is 1. The van der Waals surface area contributed by atoms with Crippen molar-refractivity contribution >= 4 is 22.7 Å². The molecule has 8 heteroatoms. The fourth-order valence-electron chi connectivity index (χ4n) is 4.87. The fraction of sp³-hybridized carbons (Fsp3) is 0.290. The molecular formula is C31H30F3N3O2. The van der Waals surface area contributed by atoms with E-state index in [9.17, 15) is 22.8 Å². The molecule has 1 heterocycles. The first-order chi connectivity index (χ1) is 18.7. The second-order valence-electron chi connectivity index (χ2n) is 10.1. The Morgan fingerprint density at radius 3 is 2.33 bits per heavy atom. The first-order valence-corrected chi connectivity index (χ1v) is 13.1. The Hall–Kier alpha value is -4.07. The summed E-state index contributed by atoms with van der Waals surface area (Å²) in [5.74, 6) is -0.404. The van der Waals surface area contributed by atoms with Gasteiger partial charge in [0.05, 0.1) is 5.56 Å². The van der Waals surface area contributed by atoms with Gasteiger partial charge in [-0.1, -0.05) is 48.5 Å². The average molecular weight is 534 g/mol. The number of para-hydroxylation sites is 1. The van der Waals surface area contributed by atoms with Crippen LogP contribution in [-0.2, 0) is 23.9 Å². The molecule has 0 unspecified atom stereocenters. The van der Waals surface area contributed by atoms with Crippen molar-refractivity contribution in [3.05, 3.63) is 107 Å². The molecule has 1 N–H and O–H groups in total. The number of nitrogens with zero attached hydrogens (tertiary/aromatic N) is 2. The van der Waals surface area contributed by atoms with Gasteiger partial charge in [0.2, 0.25) is 5.91 Å². The molecule has 0 radical (unpaired) electrons. The van der Waals surface area contributed by atoms with Crippen molar-refractivity contribution in [1.82, 2.24) is 14.8 Å². The molecule has 1 saturated carbocycles. The van der Waals surface area contributed by atoms with E-state index in [-0.39, 0.29) is 30.9 Å². The Balaban J connectivity index is 1.37. The molecule has 5 rings (SSSR count). The van der Waals surface area contributed by atoms with Crippen LogP contribution in [0.2, 0.25) is 0 Å². The van der Waals surface area contributed by atoms with Gasteiger partial charge in [-0.2, -0.15) is 13.2 Å². The summed E-state index contributed by atoms with van der Waals surface area (Å²) in [5, 5.41) is 1.06. The number of H-pyrrole nitrogens is 1. The summed E-state index contributed by atoms with van der Waals surface area (Å²) < 4.78 is 39.2. The second kappa shape index (κ2) is 11.0. The number of carbonyl (C=O) groups excluding carboxylic acids is 2. The second-order valence-corrected chi connectivity index (χ2v) is 10.1. The zero-order valence-corrected chi connectivity index (χ0v) is 21.7. The van der Waals surface area contributed by atoms with E-state index in [1.165, 1.54) is 12.1 Å². The van der Waals surface area contributed by atoms with E-state index in [1.807, 2.05) is 55.6 Å². The van der Waals surface area contributed by atoms with Crippen LogP contribution in [0.15, 0.2) is 79.0 Å². The maximum Gasteiger partial charge on any atom is 0.416 e. The van der Waals surface area contributed by atoms with E-state index in [4.69, 9.17) is 0 Å². The zero-order chi connectivity index (χ0) is 27.6. The Labute approximate surface area is 225 Å². The molecular weight excluding hydrogens is 503 g/mol. The van der Waals surface area contributed by atoms with Crippen LogP contribution in [0.5, 0.6) is 0 Å². The molecule has 0 bridgehead atoms. The summed E-state index contributed by atoms with van der Waals surface area (Å²) in [7, 11) is 0. The molecule has 1 aliphatic rings. The average Bonchev–Trinajstić information content (AvgIpc) is 3.68. The van der Waals surface area contributed by atoms with E-state index in [2.05, 4.69) is 4.98 Å². The number of carbonyl (C=O) groups is 2. The number of fused-ring (bicyclic) bond motifs is 1. The number of aryl methyl sites for hydroxylation is 1. The van der Waals surface area contributed by atoms with Crippen molar-refractivity contribution < 1.29 is 22.8 Å². The number of alkyl halides is 3. The Kier molecular flexibility index (Phi) is 7.46. The lowest BCUT2D eigenvalue weighted by Crippen LogP contribution is -2.44. The zero-order valence-electron chi connectivity index (χ0n) is 21.7. The molecule has 0 aliphatic heterocycles. The van der Waals surface area contributed by atoms with Gasteiger partial charge in [-0.15, -0.1) is 0 Å². The minimum absolute atomic E-state index is 0.0163. The predicted octanol–water partition coefficient (Wildman–Crippen LogP) is 6.37. The standard InChI is InChI=1S/C31H30F3N3O2/c1-21-6-2-3-7-26(21)30(39)37(25-14-15-25)20-29(38)36(19-22-10-12-24(13-11-22)31(32,33)34)17-16-23-18-35-28-9-5-4-8-27(23)28/h2-13,18,25,35H,14-17,19-20H2,1H3. The van der Waals surface area contributed by atoms with Crippen LogP contribution in [0.25, 0.3) is 10.9 Å². The Morgan fingerprint density at radius 1 is 0.949 bits per heavy atom. The summed E-state index contributed by atoms with van der Waals surface area (Å²) in [6.07, 6.45) is -0.252. The fourth-order valence-corrected chi connectivity index (χ4v) is 4.87. The Bertz CT molecular complexity index is 1470. The van der Waals surface area contributed by atoms with Gasteiger partial charge in [0.1, 0.15) is 6.54 Å². The van der Waals surface area contributed by atoms with Crippen LogP contribution in [0.3, 0.4) is 0 Å². The predicted molar refractivity (Wildman–Crippen MR) is 144 cm³/mol. The minimum atomic E-state index is -4.43. The number of aromatic amines is 1. The van der Waals surface area contributed by atoms with E-state index >= 15 is 0 Å². The number of benzene rings is 3. The van der Waals surface area contributed by atoms with Crippen LogP contribution in [0.4, 0.5) is 13.2 Å². The highest BCUT2D eigenvalue weighted by atomic mass is 19.4. The maximum atomic E-state index is 13.7. The van der Waals surface area contributed by atoms with Crippen molar-refractivity contribution in [2.45, 2.75) is 44.9 Å². The normalized spacial score (nSPS) is 13.4. The molecule has 1 aromatic heterocycles. The number of amides is 2. The first kappa shape index (κ1) is 26.5. The van der Waals surface area contributed by atoms with Crippen molar-refractivity contribution in [2.24, 2.45) is 0 Å². The molecule has 5 nitrogen and oxygen atoms in total. The van der Waals surface area contributed by atoms with Gasteiger partial charge in [-0.25, -0.2) is 0 Å². The Morgan fingerprint density at radius 2 is 1.64 bits per heavy atom. The highest BCUT2D eigenvalue weighted by molar-refractivity contribution is 5.98. The summed E-state index contributed by atoms with van der Waals surface area (Å²) in [5.41, 5.74) is 3.33. The summed E-state index contributed by atoms with van der Waals surface area (Å²) in [6, 6.07) is 20.1. The van der Waals surface area contributed by atoms with Crippen LogP contribution >= 0.6 is 0 Å². The van der Waals surface area contributed by atoms with E-state index in [0.29, 0.717) is 24.1 Å². The third-order valence-corrected chi connectivity index (χ3v) is 7.26. The maximum absolute atomic E-state index is 13.7. The molecule has 39 heavy (non-hydrogen) atoms. The SMILES string of the molecule is Cc1ccccc1C(=O)N(CC(=O)N(CCc1c[nH]c2ccccc12)Cc1ccc(C(F)(F)F)cc1)C1CC1. The van der Waals surface area contributed by atoms with Crippen molar-refractivity contribution in [1.29, 1.82) is 0 Å². The first-order valence-electron chi connectivity index (χ1n) is 13.1. The van der Waals surface area contributed by atoms with Gasteiger partial charge in [-0.3, -0.25) is 9.59 Å². The number of hydrogen-bond acceptors (Lipinski definition) is 2. The van der Waals surface area contributed by atoms with Gasteiger partial charge >= 0.3 is 6.18 Å². The minimum Gasteiger partial charge on any atom is -0.361 e. The van der Waals surface area contributed by atoms with Crippen LogP contribution in [0, 0.1) is 6.92 Å². The third kappa shape index (κ3) is 6.16. The molecule has 1 aliphatic carbocycles. The summed E-state index contributed by atoms with van der Waals surface area (Å²) in [4.78, 5) is 33.7. The monoisotopic (exact) mass is 533 g/mol. The number of halogens is 3. The molecule has 0 atom stereocenters. The van der Waals surface area contributed by atoms with Gasteiger partial charge in [0.15, 0.2) is 0 Å². The van der Waals surface area contributed by atoms with Crippen LogP contribution < -0.4 is 0 Å². The molecule has 0 saturated heterocycles. The third-order valence-electron chi connectivity index (χ3n) is 7.26. The number of rotatable bonds is 9. The number of aromatic nitrogens is 1. The molecule has 2 amide bonds. The summed E-state index contributed by atoms with van der Waals surface area (Å²) >= 11 is 0. The van der Waals surface area contributed by atoms with Crippen molar-refractivity contribution in [3.8, 4) is 0 Å². The van der Waals surface area contributed by atoms with Crippen molar-refractivity contribution in [3.63, 3.8) is 0 Å². The smallest absolute Gasteiger partial charge is 0.361 e. The lowest BCUT2D eigenvalue weighted by molar-refractivity contribution is -0.137. The van der Waals surface area contributed by atoms with E-state index in [1.54, 1.807) is 15.9 Å². The quantitative estimate of drug-likeness (QED) is 0.272. The number of nitrogens with one attached hydrogen (secondary N) is 1. The molecule has 1 fully saturated rings. The summed E-state index contributed by atoms with van der Waals surface area (Å²) in [6.45, 7) is 2.31. The topological polar surface area (TPSA) is 56.4 Å². The van der Waals surface area contributed by atoms with Crippen LogP contribution in [-0.4, -0.2) is 45.7 Å². The molecule has 202 valence electrons.